The fourth-order valence-electron chi connectivity index (χ4n) is 2.16. The maximum atomic E-state index is 13.9. The van der Waals surface area contributed by atoms with Crippen LogP contribution < -0.4 is 5.32 Å². The second kappa shape index (κ2) is 6.31. The fourth-order valence-corrected chi connectivity index (χ4v) is 2.49. The number of benzene rings is 2. The van der Waals surface area contributed by atoms with E-state index in [2.05, 4.69) is 40.3 Å². The standard InChI is InChI=1S/C16H17BrFN/c1-11(13-6-4-3-5-7-13)19-12(2)15-9-8-14(17)10-16(15)18/h3-12,19H,1-2H3. The van der Waals surface area contributed by atoms with Gasteiger partial charge in [0.25, 0.3) is 0 Å². The van der Waals surface area contributed by atoms with Gasteiger partial charge in [-0.1, -0.05) is 52.3 Å². The molecule has 0 radical (unpaired) electrons. The maximum Gasteiger partial charge on any atom is 0.129 e. The van der Waals surface area contributed by atoms with Crippen LogP contribution in [0.25, 0.3) is 0 Å². The molecule has 2 atom stereocenters. The third-order valence-corrected chi connectivity index (χ3v) is 3.72. The highest BCUT2D eigenvalue weighted by Crippen LogP contribution is 2.23. The number of halogens is 2. The molecule has 2 rings (SSSR count). The van der Waals surface area contributed by atoms with Crippen LogP contribution in [0, 0.1) is 5.82 Å². The first-order valence-corrected chi connectivity index (χ1v) is 7.13. The lowest BCUT2D eigenvalue weighted by Gasteiger charge is -2.21. The van der Waals surface area contributed by atoms with Crippen molar-refractivity contribution in [1.82, 2.24) is 5.32 Å². The van der Waals surface area contributed by atoms with Crippen LogP contribution >= 0.6 is 15.9 Å². The van der Waals surface area contributed by atoms with Gasteiger partial charge in [-0.05, 0) is 31.5 Å². The molecule has 0 bridgehead atoms. The van der Waals surface area contributed by atoms with Gasteiger partial charge in [-0.3, -0.25) is 0 Å². The molecule has 0 aromatic heterocycles. The molecule has 0 heterocycles. The van der Waals surface area contributed by atoms with Crippen LogP contribution in [0.1, 0.15) is 37.1 Å². The predicted molar refractivity (Wildman–Crippen MR) is 80.5 cm³/mol. The Labute approximate surface area is 122 Å². The summed E-state index contributed by atoms with van der Waals surface area (Å²) in [7, 11) is 0. The summed E-state index contributed by atoms with van der Waals surface area (Å²) in [6, 6.07) is 15.5. The zero-order chi connectivity index (χ0) is 13.8. The van der Waals surface area contributed by atoms with Gasteiger partial charge in [-0.15, -0.1) is 0 Å². The predicted octanol–water partition coefficient (Wildman–Crippen LogP) is 5.00. The minimum absolute atomic E-state index is 0.0386. The average Bonchev–Trinajstić information content (AvgIpc) is 2.39. The van der Waals surface area contributed by atoms with Crippen LogP contribution in [-0.2, 0) is 0 Å². The van der Waals surface area contributed by atoms with Crippen LogP contribution in [0.5, 0.6) is 0 Å². The summed E-state index contributed by atoms with van der Waals surface area (Å²) in [6.45, 7) is 4.06. The Morgan fingerprint density at radius 3 is 2.32 bits per heavy atom. The van der Waals surface area contributed by atoms with Gasteiger partial charge in [0.2, 0.25) is 0 Å². The molecule has 2 unspecified atom stereocenters. The van der Waals surface area contributed by atoms with Crippen molar-refractivity contribution in [2.75, 3.05) is 0 Å². The first-order chi connectivity index (χ1) is 9.08. The van der Waals surface area contributed by atoms with Crippen LogP contribution in [-0.4, -0.2) is 0 Å². The topological polar surface area (TPSA) is 12.0 Å². The Morgan fingerprint density at radius 2 is 1.68 bits per heavy atom. The number of hydrogen-bond donors (Lipinski definition) is 1. The van der Waals surface area contributed by atoms with Crippen molar-refractivity contribution in [3.05, 3.63) is 69.9 Å². The van der Waals surface area contributed by atoms with Gasteiger partial charge < -0.3 is 5.32 Å². The van der Waals surface area contributed by atoms with E-state index in [-0.39, 0.29) is 17.9 Å². The summed E-state index contributed by atoms with van der Waals surface area (Å²) in [4.78, 5) is 0. The van der Waals surface area contributed by atoms with Gasteiger partial charge >= 0.3 is 0 Å². The van der Waals surface area contributed by atoms with Crippen LogP contribution in [0.4, 0.5) is 4.39 Å². The van der Waals surface area contributed by atoms with Gasteiger partial charge in [0.05, 0.1) is 0 Å². The molecule has 0 spiro atoms. The van der Waals surface area contributed by atoms with E-state index in [0.29, 0.717) is 5.56 Å². The zero-order valence-electron chi connectivity index (χ0n) is 11.0. The summed E-state index contributed by atoms with van der Waals surface area (Å²) in [5.41, 5.74) is 1.89. The monoisotopic (exact) mass is 321 g/mol. The molecule has 0 saturated heterocycles. The van der Waals surface area contributed by atoms with Crippen molar-refractivity contribution in [2.24, 2.45) is 0 Å². The molecule has 1 nitrogen and oxygen atoms in total. The van der Waals surface area contributed by atoms with E-state index in [4.69, 9.17) is 0 Å². The fraction of sp³-hybridized carbons (Fsp3) is 0.250. The summed E-state index contributed by atoms with van der Waals surface area (Å²) in [5, 5.41) is 3.42. The summed E-state index contributed by atoms with van der Waals surface area (Å²) in [5.74, 6) is -0.186. The van der Waals surface area contributed by atoms with Gasteiger partial charge in [-0.2, -0.15) is 0 Å². The summed E-state index contributed by atoms with van der Waals surface area (Å²) in [6.07, 6.45) is 0. The third kappa shape index (κ3) is 3.64. The molecule has 19 heavy (non-hydrogen) atoms. The minimum Gasteiger partial charge on any atom is -0.304 e. The Hall–Kier alpha value is -1.19. The molecule has 0 aliphatic heterocycles. The smallest absolute Gasteiger partial charge is 0.129 e. The zero-order valence-corrected chi connectivity index (χ0v) is 12.6. The quantitative estimate of drug-likeness (QED) is 0.835. The maximum absolute atomic E-state index is 13.9. The molecule has 2 aromatic rings. The minimum atomic E-state index is -0.186. The Bertz CT molecular complexity index is 542. The molecule has 0 fully saturated rings. The Morgan fingerprint density at radius 1 is 1.00 bits per heavy atom. The van der Waals surface area contributed by atoms with E-state index in [1.165, 1.54) is 11.6 Å². The van der Waals surface area contributed by atoms with Crippen molar-refractivity contribution < 1.29 is 4.39 Å². The van der Waals surface area contributed by atoms with Crippen molar-refractivity contribution in [3.8, 4) is 0 Å². The molecular formula is C16H17BrFN. The van der Waals surface area contributed by atoms with E-state index in [9.17, 15) is 4.39 Å². The largest absolute Gasteiger partial charge is 0.304 e. The van der Waals surface area contributed by atoms with Crippen molar-refractivity contribution in [2.45, 2.75) is 25.9 Å². The second-order valence-electron chi connectivity index (χ2n) is 4.69. The molecule has 0 saturated carbocycles. The lowest BCUT2D eigenvalue weighted by molar-refractivity contribution is 0.474. The van der Waals surface area contributed by atoms with E-state index < -0.39 is 0 Å². The molecule has 3 heteroatoms. The third-order valence-electron chi connectivity index (χ3n) is 3.23. The highest BCUT2D eigenvalue weighted by Gasteiger charge is 2.14. The Kier molecular flexibility index (Phi) is 4.72. The summed E-state index contributed by atoms with van der Waals surface area (Å²) < 4.78 is 14.6. The van der Waals surface area contributed by atoms with Gasteiger partial charge in [-0.25, -0.2) is 4.39 Å². The van der Waals surface area contributed by atoms with Gasteiger partial charge in [0.15, 0.2) is 0 Å². The first kappa shape index (κ1) is 14.2. The normalized spacial score (nSPS) is 14.1. The molecule has 100 valence electrons. The van der Waals surface area contributed by atoms with Crippen molar-refractivity contribution in [1.29, 1.82) is 0 Å². The highest BCUT2D eigenvalue weighted by atomic mass is 79.9. The van der Waals surface area contributed by atoms with E-state index in [1.54, 1.807) is 0 Å². The molecular weight excluding hydrogens is 305 g/mol. The lowest BCUT2D eigenvalue weighted by atomic mass is 10.0. The molecule has 0 amide bonds. The number of nitrogens with one attached hydrogen (secondary N) is 1. The molecule has 0 aliphatic carbocycles. The van der Waals surface area contributed by atoms with Crippen LogP contribution in [0.2, 0.25) is 0 Å². The van der Waals surface area contributed by atoms with Crippen LogP contribution in [0.3, 0.4) is 0 Å². The van der Waals surface area contributed by atoms with Crippen LogP contribution in [0.15, 0.2) is 53.0 Å². The highest BCUT2D eigenvalue weighted by molar-refractivity contribution is 9.10. The average molecular weight is 322 g/mol. The SMILES string of the molecule is CC(NC(C)c1ccc(Br)cc1F)c1ccccc1. The van der Waals surface area contributed by atoms with Gasteiger partial charge in [0.1, 0.15) is 5.82 Å². The molecule has 0 aliphatic rings. The number of hydrogen-bond acceptors (Lipinski definition) is 1. The number of rotatable bonds is 4. The van der Waals surface area contributed by atoms with Gasteiger partial charge in [0, 0.05) is 22.1 Å². The Balaban J connectivity index is 2.10. The van der Waals surface area contributed by atoms with Crippen molar-refractivity contribution in [3.63, 3.8) is 0 Å². The van der Waals surface area contributed by atoms with E-state index >= 15 is 0 Å². The second-order valence-corrected chi connectivity index (χ2v) is 5.60. The summed E-state index contributed by atoms with van der Waals surface area (Å²) >= 11 is 3.27. The molecule has 2 aromatic carbocycles. The lowest BCUT2D eigenvalue weighted by Crippen LogP contribution is -2.23. The van der Waals surface area contributed by atoms with E-state index in [0.717, 1.165) is 4.47 Å². The first-order valence-electron chi connectivity index (χ1n) is 6.34. The van der Waals surface area contributed by atoms with Crippen molar-refractivity contribution >= 4 is 15.9 Å². The molecule has 1 N–H and O–H groups in total. The van der Waals surface area contributed by atoms with E-state index in [1.807, 2.05) is 37.3 Å².